The highest BCUT2D eigenvalue weighted by Crippen LogP contribution is 2.22. The van der Waals surface area contributed by atoms with Crippen LogP contribution in [0.4, 0.5) is 0 Å². The molecule has 0 aromatic rings. The van der Waals surface area contributed by atoms with Crippen LogP contribution >= 0.6 is 25.3 Å². The minimum absolute atomic E-state index is 0.0170. The highest BCUT2D eigenvalue weighted by atomic mass is 32.1. The molecule has 2 heterocycles. The van der Waals surface area contributed by atoms with Crippen molar-refractivity contribution >= 4 is 96.4 Å². The van der Waals surface area contributed by atoms with E-state index in [1.807, 2.05) is 0 Å². The number of amides is 8. The topological polar surface area (TPSA) is 438 Å². The van der Waals surface area contributed by atoms with Crippen LogP contribution in [0, 0.1) is 5.92 Å². The van der Waals surface area contributed by atoms with Gasteiger partial charge in [-0.05, 0) is 57.8 Å². The predicted octanol–water partition coefficient (Wildman–Crippen LogP) is -5.42. The Balaban J connectivity index is 2.25. The van der Waals surface area contributed by atoms with E-state index in [-0.39, 0.29) is 69.2 Å². The van der Waals surface area contributed by atoms with Gasteiger partial charge in [0.2, 0.25) is 47.3 Å². The highest BCUT2D eigenvalue weighted by molar-refractivity contribution is 7.80. The smallest absolute Gasteiger partial charge is 0.327 e. The zero-order valence-electron chi connectivity index (χ0n) is 38.5. The van der Waals surface area contributed by atoms with Gasteiger partial charge in [0.25, 0.3) is 0 Å². The molecule has 2 aliphatic heterocycles. The predicted molar refractivity (Wildman–Crippen MR) is 250 cm³/mol. The Labute approximate surface area is 408 Å². The third-order valence-corrected chi connectivity index (χ3v) is 11.9. The molecule has 69 heavy (non-hydrogen) atoms. The molecule has 0 aromatic heterocycles. The van der Waals surface area contributed by atoms with Crippen LogP contribution in [0.2, 0.25) is 0 Å². The maximum absolute atomic E-state index is 13.9. The van der Waals surface area contributed by atoms with E-state index in [0.29, 0.717) is 6.42 Å². The Morgan fingerprint density at radius 2 is 1.14 bits per heavy atom. The van der Waals surface area contributed by atoms with Crippen LogP contribution in [0.3, 0.4) is 0 Å². The molecule has 0 aliphatic carbocycles. The first-order valence-corrected chi connectivity index (χ1v) is 23.4. The van der Waals surface area contributed by atoms with Crippen molar-refractivity contribution in [1.82, 2.24) is 41.7 Å². The second-order valence-electron chi connectivity index (χ2n) is 16.9. The maximum Gasteiger partial charge on any atom is 0.327 e. The monoisotopic (exact) mass is 1020 g/mol. The second kappa shape index (κ2) is 28.5. The number of rotatable bonds is 28. The Kier molecular flexibility index (Phi) is 24.5. The number of aliphatic hydroxyl groups excluding tert-OH is 1. The molecule has 0 bridgehead atoms. The number of carbonyl (C=O) groups excluding carboxylic acids is 8. The lowest BCUT2D eigenvalue weighted by Gasteiger charge is -2.32. The fraction of sp³-hybridized carbons (Fsp3) is 0.700. The van der Waals surface area contributed by atoms with E-state index in [2.05, 4.69) is 62.2 Å². The summed E-state index contributed by atoms with van der Waals surface area (Å²) in [7, 11) is 0. The van der Waals surface area contributed by atoms with Crippen molar-refractivity contribution in [2.24, 2.45) is 28.1 Å². The van der Waals surface area contributed by atoms with Crippen LogP contribution in [0.1, 0.15) is 78.6 Å². The van der Waals surface area contributed by atoms with E-state index in [0.717, 1.165) is 11.8 Å². The molecule has 2 fully saturated rings. The molecule has 2 saturated heterocycles. The lowest BCUT2D eigenvalue weighted by atomic mass is 10.0. The highest BCUT2D eigenvalue weighted by Gasteiger charge is 2.43. The normalized spacial score (nSPS) is 19.0. The van der Waals surface area contributed by atoms with E-state index in [4.69, 9.17) is 17.2 Å². The van der Waals surface area contributed by atoms with Gasteiger partial charge in [-0.25, -0.2) is 4.79 Å². The van der Waals surface area contributed by atoms with Gasteiger partial charge in [0.1, 0.15) is 48.3 Å². The number of likely N-dealkylation sites (tertiary alicyclic amines) is 2. The summed E-state index contributed by atoms with van der Waals surface area (Å²) < 4.78 is 0. The van der Waals surface area contributed by atoms with Gasteiger partial charge >= 0.3 is 17.9 Å². The van der Waals surface area contributed by atoms with Crippen LogP contribution in [0.25, 0.3) is 0 Å². The number of nitrogens with two attached hydrogens (primary N) is 3. The third-order valence-electron chi connectivity index (χ3n) is 11.2. The van der Waals surface area contributed by atoms with Gasteiger partial charge in [-0.2, -0.15) is 25.3 Å². The number of nitrogens with one attached hydrogen (secondary N) is 6. The number of guanidine groups is 1. The van der Waals surface area contributed by atoms with E-state index < -0.39 is 151 Å². The van der Waals surface area contributed by atoms with Gasteiger partial charge in [-0.1, -0.05) is 13.8 Å². The van der Waals surface area contributed by atoms with Crippen LogP contribution in [0.5, 0.6) is 0 Å². The van der Waals surface area contributed by atoms with Crippen LogP contribution < -0.4 is 49.1 Å². The Bertz CT molecular complexity index is 1920. The standard InChI is InChI=1S/C40H66N12O15S2/c1-18(2)29(35(62)48-24(17-69)39(66)67)49-34(61)26-9-6-14-52(26)38(65)23(16-68)47-32(59)21(10-11-27(54)55)45-33(60)25-8-5-13-51(25)37(64)22(15-28(56)57)46-36(63)30(19(3)53)50-31(58)20(41)7-4-12-44-40(42)43/h18-26,29-30,53,68-69H,4-17,41H2,1-3H3,(H,45,60)(H,46,63)(H,47,59)(H,48,62)(H,49,61)(H,50,58)(H,54,55)(H,56,57)(H,66,67)(H4,42,43,44)/t19-,20+,21+,22+,23+,24+,25+,26+,29+,30+/m1/s1. The van der Waals surface area contributed by atoms with E-state index in [1.165, 1.54) is 4.90 Å². The molecule has 29 heteroatoms. The lowest BCUT2D eigenvalue weighted by molar-refractivity contribution is -0.147. The molecule has 0 radical (unpaired) electrons. The van der Waals surface area contributed by atoms with Gasteiger partial charge in [-0.3, -0.25) is 52.9 Å². The summed E-state index contributed by atoms with van der Waals surface area (Å²) in [5.74, 6) is -12.8. The van der Waals surface area contributed by atoms with Gasteiger partial charge in [0.05, 0.1) is 18.6 Å². The quantitative estimate of drug-likeness (QED) is 0.0151. The van der Waals surface area contributed by atoms with Crippen molar-refractivity contribution in [3.63, 3.8) is 0 Å². The summed E-state index contributed by atoms with van der Waals surface area (Å²) in [6.07, 6.45) is -2.70. The molecule has 388 valence electrons. The molecular weight excluding hydrogens is 953 g/mol. The largest absolute Gasteiger partial charge is 0.481 e. The first-order valence-electron chi connectivity index (χ1n) is 22.1. The van der Waals surface area contributed by atoms with Gasteiger partial charge in [0.15, 0.2) is 5.96 Å². The number of aliphatic carboxylic acids is 3. The first-order chi connectivity index (χ1) is 32.3. The molecule has 2 rings (SSSR count). The number of aliphatic hydroxyl groups is 1. The van der Waals surface area contributed by atoms with Crippen LogP contribution in [-0.2, 0) is 52.7 Å². The summed E-state index contributed by atoms with van der Waals surface area (Å²) in [5.41, 5.74) is 16.5. The molecule has 0 unspecified atom stereocenters. The second-order valence-corrected chi connectivity index (χ2v) is 17.6. The molecule has 0 aromatic carbocycles. The molecule has 0 saturated carbocycles. The fourth-order valence-electron chi connectivity index (χ4n) is 7.45. The number of hydrogen-bond acceptors (Lipinski definition) is 16. The number of carboxylic acids is 3. The van der Waals surface area contributed by atoms with Gasteiger partial charge in [0, 0.05) is 37.6 Å². The van der Waals surface area contributed by atoms with Gasteiger partial charge in [-0.15, -0.1) is 0 Å². The summed E-state index contributed by atoms with van der Waals surface area (Å²) in [6.45, 7) is 4.46. The first kappa shape index (κ1) is 59.2. The molecule has 10 atom stereocenters. The average Bonchev–Trinajstić information content (AvgIpc) is 3.98. The average molecular weight is 1020 g/mol. The number of aliphatic imine (C=N–C) groups is 1. The van der Waals surface area contributed by atoms with Crippen molar-refractivity contribution in [2.75, 3.05) is 31.1 Å². The molecular formula is C40H66N12O15S2. The SMILES string of the molecule is CC(C)[C@H](NC(=O)[C@@H]1CCCN1C(=O)[C@H](CS)NC(=O)[C@H](CCC(=O)O)NC(=O)[C@@H]1CCCN1C(=O)[C@H](CC(=O)O)NC(=O)[C@@H](NC(=O)[C@@H](N)CCCN=C(N)N)[C@@H](C)O)C(=O)N[C@@H](CS)C(=O)O. The zero-order chi connectivity index (χ0) is 52.3. The fourth-order valence-corrected chi connectivity index (χ4v) is 7.95. The Hall–Kier alpha value is -5.94. The van der Waals surface area contributed by atoms with E-state index >= 15 is 0 Å². The maximum atomic E-state index is 13.9. The summed E-state index contributed by atoms with van der Waals surface area (Å²) in [5, 5.41) is 53.2. The number of carboxylic acid groups (broad SMARTS) is 3. The van der Waals surface area contributed by atoms with E-state index in [9.17, 15) is 73.2 Å². The molecule has 8 amide bonds. The third kappa shape index (κ3) is 18.5. The van der Waals surface area contributed by atoms with Crippen molar-refractivity contribution in [3.8, 4) is 0 Å². The summed E-state index contributed by atoms with van der Waals surface area (Å²) >= 11 is 8.15. The van der Waals surface area contributed by atoms with Crippen LogP contribution in [-0.4, -0.2) is 193 Å². The minimum Gasteiger partial charge on any atom is -0.481 e. The zero-order valence-corrected chi connectivity index (χ0v) is 40.3. The molecule has 2 aliphatic rings. The summed E-state index contributed by atoms with van der Waals surface area (Å²) in [4.78, 5) is 149. The van der Waals surface area contributed by atoms with Crippen molar-refractivity contribution in [2.45, 2.75) is 139 Å². The van der Waals surface area contributed by atoms with Crippen molar-refractivity contribution < 1.29 is 73.2 Å². The number of nitrogens with zero attached hydrogens (tertiary/aromatic N) is 3. The Morgan fingerprint density at radius 1 is 0.638 bits per heavy atom. The molecule has 0 spiro atoms. The van der Waals surface area contributed by atoms with Crippen LogP contribution in [0.15, 0.2) is 4.99 Å². The van der Waals surface area contributed by atoms with E-state index in [1.54, 1.807) is 13.8 Å². The molecule has 16 N–H and O–H groups in total. The molecule has 27 nitrogen and oxygen atoms in total. The van der Waals surface area contributed by atoms with Gasteiger partial charge < -0.3 is 79.3 Å². The minimum atomic E-state index is -1.84. The summed E-state index contributed by atoms with van der Waals surface area (Å²) in [6, 6.07) is -12.8. The van der Waals surface area contributed by atoms with Crippen molar-refractivity contribution in [1.29, 1.82) is 0 Å². The number of carbonyl (C=O) groups is 11. The van der Waals surface area contributed by atoms with Crippen molar-refractivity contribution in [3.05, 3.63) is 0 Å². The Morgan fingerprint density at radius 3 is 1.62 bits per heavy atom. The lowest BCUT2D eigenvalue weighted by Crippen LogP contribution is -2.61. The number of thiol groups is 2. The number of hydrogen-bond donors (Lipinski definition) is 15.